The largest absolute Gasteiger partial charge is 0.292 e. The predicted octanol–water partition coefficient (Wildman–Crippen LogP) is 3.65. The van der Waals surface area contributed by atoms with Crippen LogP contribution in [0.1, 0.15) is 31.2 Å². The summed E-state index contributed by atoms with van der Waals surface area (Å²) in [7, 11) is 0. The Morgan fingerprint density at radius 3 is 2.33 bits per heavy atom. The molecule has 0 radical (unpaired) electrons. The summed E-state index contributed by atoms with van der Waals surface area (Å²) in [6.07, 6.45) is 2.63. The van der Waals surface area contributed by atoms with Crippen LogP contribution in [0.4, 0.5) is 0 Å². The summed E-state index contributed by atoms with van der Waals surface area (Å²) in [5.41, 5.74) is 1.53. The topological polar surface area (TPSA) is 3.24 Å². The Labute approximate surface area is 106 Å². The van der Waals surface area contributed by atoms with Gasteiger partial charge in [0.1, 0.15) is 0 Å². The molecular formula is C13H18IN. The minimum absolute atomic E-state index is 0.680. The van der Waals surface area contributed by atoms with E-state index in [9.17, 15) is 0 Å². The molecular weight excluding hydrogens is 297 g/mol. The smallest absolute Gasteiger partial charge is 0.0589 e. The molecule has 2 rings (SSSR count). The first kappa shape index (κ1) is 11.4. The maximum absolute atomic E-state index is 2.57. The third kappa shape index (κ3) is 2.94. The van der Waals surface area contributed by atoms with Crippen LogP contribution in [0.5, 0.6) is 0 Å². The lowest BCUT2D eigenvalue weighted by Crippen LogP contribution is -2.36. The molecule has 0 spiro atoms. The van der Waals surface area contributed by atoms with E-state index >= 15 is 0 Å². The van der Waals surface area contributed by atoms with Crippen LogP contribution in [0.2, 0.25) is 0 Å². The highest BCUT2D eigenvalue weighted by molar-refractivity contribution is 14.1. The number of alkyl halides is 1. The van der Waals surface area contributed by atoms with Gasteiger partial charge in [-0.25, -0.2) is 0 Å². The third-order valence-electron chi connectivity index (χ3n) is 3.30. The van der Waals surface area contributed by atoms with Gasteiger partial charge in [-0.1, -0.05) is 52.9 Å². The summed E-state index contributed by atoms with van der Waals surface area (Å²) in [6, 6.07) is 11.0. The van der Waals surface area contributed by atoms with Crippen molar-refractivity contribution >= 4 is 22.6 Å². The molecule has 1 aromatic carbocycles. The SMILES string of the molecule is CC(I)N1CCC(c2ccccc2)CC1. The summed E-state index contributed by atoms with van der Waals surface area (Å²) in [5, 5.41) is 0. The van der Waals surface area contributed by atoms with Gasteiger partial charge in [0, 0.05) is 0 Å². The summed E-state index contributed by atoms with van der Waals surface area (Å²) < 4.78 is 0.680. The monoisotopic (exact) mass is 315 g/mol. The zero-order valence-electron chi connectivity index (χ0n) is 9.20. The Morgan fingerprint density at radius 1 is 1.20 bits per heavy atom. The average Bonchev–Trinajstić information content (AvgIpc) is 2.30. The number of hydrogen-bond acceptors (Lipinski definition) is 1. The average molecular weight is 315 g/mol. The molecule has 1 atom stereocenters. The Balaban J connectivity index is 1.94. The zero-order valence-corrected chi connectivity index (χ0v) is 11.4. The van der Waals surface area contributed by atoms with E-state index in [4.69, 9.17) is 0 Å². The second kappa shape index (κ2) is 5.30. The minimum Gasteiger partial charge on any atom is -0.292 e. The van der Waals surface area contributed by atoms with Crippen LogP contribution in [0.15, 0.2) is 30.3 Å². The molecule has 15 heavy (non-hydrogen) atoms. The molecule has 1 heterocycles. The maximum atomic E-state index is 2.57. The fourth-order valence-electron chi connectivity index (χ4n) is 2.31. The van der Waals surface area contributed by atoms with E-state index in [-0.39, 0.29) is 0 Å². The fraction of sp³-hybridized carbons (Fsp3) is 0.538. The quantitative estimate of drug-likeness (QED) is 0.457. The van der Waals surface area contributed by atoms with Gasteiger partial charge >= 0.3 is 0 Å². The summed E-state index contributed by atoms with van der Waals surface area (Å²) in [6.45, 7) is 4.79. The first-order valence-electron chi connectivity index (χ1n) is 5.70. The number of rotatable bonds is 2. The van der Waals surface area contributed by atoms with Gasteiger partial charge in [0.15, 0.2) is 0 Å². The van der Waals surface area contributed by atoms with E-state index in [0.717, 1.165) is 5.92 Å². The van der Waals surface area contributed by atoms with Gasteiger partial charge in [0.05, 0.1) is 4.05 Å². The molecule has 1 nitrogen and oxygen atoms in total. The number of nitrogens with zero attached hydrogens (tertiary/aromatic N) is 1. The highest BCUT2D eigenvalue weighted by Gasteiger charge is 2.21. The van der Waals surface area contributed by atoms with Crippen LogP contribution in [0.25, 0.3) is 0 Å². The summed E-state index contributed by atoms with van der Waals surface area (Å²) in [5.74, 6) is 0.789. The normalized spacial score (nSPS) is 21.5. The van der Waals surface area contributed by atoms with Gasteiger partial charge in [-0.05, 0) is 44.3 Å². The Kier molecular flexibility index (Phi) is 4.03. The van der Waals surface area contributed by atoms with Gasteiger partial charge < -0.3 is 0 Å². The van der Waals surface area contributed by atoms with Gasteiger partial charge in [-0.2, -0.15) is 0 Å². The fourth-order valence-corrected chi connectivity index (χ4v) is 2.87. The molecule has 1 saturated heterocycles. The highest BCUT2D eigenvalue weighted by Crippen LogP contribution is 2.29. The van der Waals surface area contributed by atoms with Crippen molar-refractivity contribution in [3.63, 3.8) is 0 Å². The van der Waals surface area contributed by atoms with Crippen molar-refractivity contribution in [3.05, 3.63) is 35.9 Å². The van der Waals surface area contributed by atoms with Gasteiger partial charge in [-0.15, -0.1) is 0 Å². The molecule has 0 saturated carbocycles. The third-order valence-corrected chi connectivity index (χ3v) is 4.09. The van der Waals surface area contributed by atoms with Crippen molar-refractivity contribution < 1.29 is 0 Å². The second-order valence-corrected chi connectivity index (χ2v) is 6.10. The van der Waals surface area contributed by atoms with E-state index in [1.54, 1.807) is 0 Å². The molecule has 0 aromatic heterocycles. The molecule has 2 heteroatoms. The molecule has 0 aliphatic carbocycles. The first-order valence-corrected chi connectivity index (χ1v) is 6.95. The van der Waals surface area contributed by atoms with Gasteiger partial charge in [0.2, 0.25) is 0 Å². The van der Waals surface area contributed by atoms with E-state index in [1.165, 1.54) is 31.5 Å². The van der Waals surface area contributed by atoms with E-state index in [2.05, 4.69) is 64.7 Å². The number of likely N-dealkylation sites (tertiary alicyclic amines) is 1. The molecule has 1 aliphatic heterocycles. The molecule has 1 unspecified atom stereocenters. The van der Waals surface area contributed by atoms with Crippen molar-refractivity contribution in [1.29, 1.82) is 0 Å². The van der Waals surface area contributed by atoms with Crippen molar-refractivity contribution in [2.75, 3.05) is 13.1 Å². The van der Waals surface area contributed by atoms with Gasteiger partial charge in [0.25, 0.3) is 0 Å². The molecule has 82 valence electrons. The number of halogens is 1. The lowest BCUT2D eigenvalue weighted by Gasteiger charge is -2.33. The second-order valence-electron chi connectivity index (χ2n) is 4.29. The molecule has 1 aliphatic rings. The number of benzene rings is 1. The lowest BCUT2D eigenvalue weighted by molar-refractivity contribution is 0.213. The number of piperidine rings is 1. The van der Waals surface area contributed by atoms with Crippen LogP contribution in [-0.4, -0.2) is 22.0 Å². The molecule has 0 N–H and O–H groups in total. The van der Waals surface area contributed by atoms with Crippen molar-refractivity contribution in [2.45, 2.75) is 29.7 Å². The van der Waals surface area contributed by atoms with Crippen LogP contribution < -0.4 is 0 Å². The Morgan fingerprint density at radius 2 is 1.80 bits per heavy atom. The zero-order chi connectivity index (χ0) is 10.7. The van der Waals surface area contributed by atoms with E-state index in [0.29, 0.717) is 4.05 Å². The molecule has 0 amide bonds. The molecule has 1 fully saturated rings. The summed E-state index contributed by atoms with van der Waals surface area (Å²) in [4.78, 5) is 2.57. The lowest BCUT2D eigenvalue weighted by atomic mass is 9.89. The number of hydrogen-bond donors (Lipinski definition) is 0. The van der Waals surface area contributed by atoms with E-state index in [1.807, 2.05) is 0 Å². The molecule has 1 aromatic rings. The first-order chi connectivity index (χ1) is 7.27. The van der Waals surface area contributed by atoms with Crippen molar-refractivity contribution in [1.82, 2.24) is 4.90 Å². The van der Waals surface area contributed by atoms with Crippen molar-refractivity contribution in [2.24, 2.45) is 0 Å². The van der Waals surface area contributed by atoms with Crippen LogP contribution >= 0.6 is 22.6 Å². The minimum atomic E-state index is 0.680. The van der Waals surface area contributed by atoms with Crippen LogP contribution in [-0.2, 0) is 0 Å². The molecule has 0 bridgehead atoms. The predicted molar refractivity (Wildman–Crippen MR) is 73.5 cm³/mol. The Hall–Kier alpha value is -0.0900. The maximum Gasteiger partial charge on any atom is 0.0589 e. The standard InChI is InChI=1S/C13H18IN/c1-11(14)15-9-7-13(8-10-15)12-5-3-2-4-6-12/h2-6,11,13H,7-10H2,1H3. The van der Waals surface area contributed by atoms with Crippen LogP contribution in [0.3, 0.4) is 0 Å². The Bertz CT molecular complexity index is 289. The van der Waals surface area contributed by atoms with Crippen molar-refractivity contribution in [3.8, 4) is 0 Å². The highest BCUT2D eigenvalue weighted by atomic mass is 127. The van der Waals surface area contributed by atoms with Gasteiger partial charge in [-0.3, -0.25) is 4.90 Å². The summed E-state index contributed by atoms with van der Waals surface area (Å²) >= 11 is 2.51. The van der Waals surface area contributed by atoms with Crippen LogP contribution in [0, 0.1) is 0 Å². The van der Waals surface area contributed by atoms with E-state index < -0.39 is 0 Å².